The number of rotatable bonds is 4. The number of nitrogens with zero attached hydrogens (tertiary/aromatic N) is 2. The molecule has 5 nitrogen and oxygen atoms in total. The van der Waals surface area contributed by atoms with Gasteiger partial charge in [-0.2, -0.15) is 0 Å². The Morgan fingerprint density at radius 2 is 2.05 bits per heavy atom. The molecule has 0 aliphatic rings. The van der Waals surface area contributed by atoms with E-state index >= 15 is 0 Å². The van der Waals surface area contributed by atoms with Crippen LogP contribution in [0.3, 0.4) is 0 Å². The van der Waals surface area contributed by atoms with Crippen LogP contribution in [0.4, 0.5) is 11.5 Å². The molecular formula is C13H12BrN3O2. The SMILES string of the molecule is Cc1c([N+](=O)[O-])cnc(NCc2ccccc2)c1Br. The van der Waals surface area contributed by atoms with E-state index in [1.165, 1.54) is 6.20 Å². The molecule has 0 spiro atoms. The molecule has 6 heteroatoms. The average Bonchev–Trinajstić information content (AvgIpc) is 2.41. The predicted octanol–water partition coefficient (Wildman–Crippen LogP) is 3.67. The highest BCUT2D eigenvalue weighted by atomic mass is 79.9. The van der Waals surface area contributed by atoms with Crippen molar-refractivity contribution in [3.8, 4) is 0 Å². The maximum Gasteiger partial charge on any atom is 0.291 e. The van der Waals surface area contributed by atoms with Crippen molar-refractivity contribution in [3.63, 3.8) is 0 Å². The lowest BCUT2D eigenvalue weighted by atomic mass is 10.2. The molecular weight excluding hydrogens is 310 g/mol. The lowest BCUT2D eigenvalue weighted by Gasteiger charge is -2.09. The summed E-state index contributed by atoms with van der Waals surface area (Å²) < 4.78 is 0.623. The normalized spacial score (nSPS) is 10.2. The summed E-state index contributed by atoms with van der Waals surface area (Å²) in [6.45, 7) is 2.31. The van der Waals surface area contributed by atoms with Gasteiger partial charge < -0.3 is 5.32 Å². The smallest absolute Gasteiger partial charge is 0.291 e. The zero-order valence-electron chi connectivity index (χ0n) is 10.3. The average molecular weight is 322 g/mol. The Balaban J connectivity index is 2.18. The van der Waals surface area contributed by atoms with Crippen LogP contribution in [0.15, 0.2) is 41.0 Å². The molecule has 2 aromatic rings. The zero-order valence-corrected chi connectivity index (χ0v) is 11.8. The Morgan fingerprint density at radius 1 is 1.37 bits per heavy atom. The van der Waals surface area contributed by atoms with Crippen molar-refractivity contribution in [2.24, 2.45) is 0 Å². The zero-order chi connectivity index (χ0) is 13.8. The number of hydrogen-bond acceptors (Lipinski definition) is 4. The van der Waals surface area contributed by atoms with Gasteiger partial charge in [-0.05, 0) is 28.4 Å². The topological polar surface area (TPSA) is 68.1 Å². The van der Waals surface area contributed by atoms with Gasteiger partial charge >= 0.3 is 0 Å². The first kappa shape index (κ1) is 13.5. The number of halogens is 1. The summed E-state index contributed by atoms with van der Waals surface area (Å²) in [6.07, 6.45) is 1.27. The lowest BCUT2D eigenvalue weighted by Crippen LogP contribution is -2.04. The van der Waals surface area contributed by atoms with Crippen LogP contribution in [-0.2, 0) is 6.54 Å². The summed E-state index contributed by atoms with van der Waals surface area (Å²) in [6, 6.07) is 9.87. The van der Waals surface area contributed by atoms with E-state index in [1.54, 1.807) is 6.92 Å². The number of aromatic nitrogens is 1. The second-order valence-corrected chi connectivity index (χ2v) is 4.82. The number of anilines is 1. The third kappa shape index (κ3) is 3.08. The van der Waals surface area contributed by atoms with Gasteiger partial charge in [-0.25, -0.2) is 4.98 Å². The molecule has 1 aromatic heterocycles. The Bertz CT molecular complexity index is 602. The predicted molar refractivity (Wildman–Crippen MR) is 77.1 cm³/mol. The summed E-state index contributed by atoms with van der Waals surface area (Å²) in [5.41, 5.74) is 1.69. The molecule has 0 aliphatic carbocycles. The fourth-order valence-electron chi connectivity index (χ4n) is 1.66. The molecule has 0 unspecified atom stereocenters. The molecule has 0 radical (unpaired) electrons. The van der Waals surface area contributed by atoms with Gasteiger partial charge in [0.1, 0.15) is 12.0 Å². The van der Waals surface area contributed by atoms with Crippen LogP contribution in [0, 0.1) is 17.0 Å². The van der Waals surface area contributed by atoms with E-state index in [1.807, 2.05) is 30.3 Å². The Kier molecular flexibility index (Phi) is 4.11. The van der Waals surface area contributed by atoms with E-state index in [0.717, 1.165) is 5.56 Å². The third-order valence-electron chi connectivity index (χ3n) is 2.74. The number of nitrogens with one attached hydrogen (secondary N) is 1. The first-order chi connectivity index (χ1) is 9.09. The van der Waals surface area contributed by atoms with Crippen molar-refractivity contribution in [2.45, 2.75) is 13.5 Å². The van der Waals surface area contributed by atoms with Gasteiger partial charge in [-0.15, -0.1) is 0 Å². The quantitative estimate of drug-likeness (QED) is 0.689. The van der Waals surface area contributed by atoms with E-state index in [9.17, 15) is 10.1 Å². The van der Waals surface area contributed by atoms with Crippen LogP contribution in [0.2, 0.25) is 0 Å². The van der Waals surface area contributed by atoms with Gasteiger partial charge in [0.25, 0.3) is 5.69 Å². The monoisotopic (exact) mass is 321 g/mol. The molecule has 0 bridgehead atoms. The number of pyridine rings is 1. The molecule has 1 aromatic carbocycles. The second kappa shape index (κ2) is 5.79. The molecule has 98 valence electrons. The van der Waals surface area contributed by atoms with Crippen molar-refractivity contribution in [1.82, 2.24) is 4.98 Å². The molecule has 0 aliphatic heterocycles. The highest BCUT2D eigenvalue weighted by Crippen LogP contribution is 2.30. The van der Waals surface area contributed by atoms with Crippen molar-refractivity contribution in [3.05, 3.63) is 62.2 Å². The molecule has 1 heterocycles. The summed E-state index contributed by atoms with van der Waals surface area (Å²) in [4.78, 5) is 14.4. The minimum atomic E-state index is -0.436. The van der Waals surface area contributed by atoms with Crippen LogP contribution in [-0.4, -0.2) is 9.91 Å². The summed E-state index contributed by atoms with van der Waals surface area (Å²) >= 11 is 3.34. The van der Waals surface area contributed by atoms with E-state index in [4.69, 9.17) is 0 Å². The molecule has 19 heavy (non-hydrogen) atoms. The summed E-state index contributed by atoms with van der Waals surface area (Å²) in [5.74, 6) is 0.604. The van der Waals surface area contributed by atoms with Gasteiger partial charge in [0.05, 0.1) is 9.40 Å². The largest absolute Gasteiger partial charge is 0.365 e. The van der Waals surface area contributed by atoms with Crippen molar-refractivity contribution >= 4 is 27.4 Å². The first-order valence-electron chi connectivity index (χ1n) is 5.67. The van der Waals surface area contributed by atoms with Gasteiger partial charge in [-0.1, -0.05) is 30.3 Å². The molecule has 0 saturated heterocycles. The van der Waals surface area contributed by atoms with Crippen molar-refractivity contribution in [1.29, 1.82) is 0 Å². The van der Waals surface area contributed by atoms with Crippen LogP contribution >= 0.6 is 15.9 Å². The van der Waals surface area contributed by atoms with Gasteiger partial charge in [0.2, 0.25) is 0 Å². The maximum absolute atomic E-state index is 10.8. The molecule has 1 N–H and O–H groups in total. The highest BCUT2D eigenvalue weighted by Gasteiger charge is 2.16. The Morgan fingerprint density at radius 3 is 2.68 bits per heavy atom. The molecule has 0 saturated carbocycles. The van der Waals surface area contributed by atoms with Gasteiger partial charge in [-0.3, -0.25) is 10.1 Å². The molecule has 0 atom stereocenters. The van der Waals surface area contributed by atoms with Gasteiger partial charge in [0.15, 0.2) is 0 Å². The minimum Gasteiger partial charge on any atom is -0.365 e. The van der Waals surface area contributed by atoms with Crippen LogP contribution < -0.4 is 5.32 Å². The highest BCUT2D eigenvalue weighted by molar-refractivity contribution is 9.10. The fraction of sp³-hybridized carbons (Fsp3) is 0.154. The van der Waals surface area contributed by atoms with Crippen LogP contribution in [0.1, 0.15) is 11.1 Å². The molecule has 0 amide bonds. The number of benzene rings is 1. The Labute approximate surface area is 119 Å². The first-order valence-corrected chi connectivity index (χ1v) is 6.46. The molecule has 2 rings (SSSR count). The van der Waals surface area contributed by atoms with E-state index in [-0.39, 0.29) is 5.69 Å². The van der Waals surface area contributed by atoms with Gasteiger partial charge in [0, 0.05) is 12.1 Å². The van der Waals surface area contributed by atoms with Crippen LogP contribution in [0.25, 0.3) is 0 Å². The van der Waals surface area contributed by atoms with Crippen LogP contribution in [0.5, 0.6) is 0 Å². The summed E-state index contributed by atoms with van der Waals surface area (Å²) in [5, 5.41) is 13.9. The van der Waals surface area contributed by atoms with E-state index in [2.05, 4.69) is 26.2 Å². The fourth-order valence-corrected chi connectivity index (χ4v) is 2.10. The third-order valence-corrected chi connectivity index (χ3v) is 3.71. The van der Waals surface area contributed by atoms with Crippen molar-refractivity contribution < 1.29 is 4.92 Å². The standard InChI is InChI=1S/C13H12BrN3O2/c1-9-11(17(18)19)8-16-13(12(9)14)15-7-10-5-3-2-4-6-10/h2-6,8H,7H2,1H3,(H,15,16). The maximum atomic E-state index is 10.8. The van der Waals surface area contributed by atoms with E-state index in [0.29, 0.717) is 22.4 Å². The lowest BCUT2D eigenvalue weighted by molar-refractivity contribution is -0.385. The Hall–Kier alpha value is -1.95. The minimum absolute atomic E-state index is 0.0112. The second-order valence-electron chi connectivity index (χ2n) is 4.03. The number of hydrogen-bond donors (Lipinski definition) is 1. The summed E-state index contributed by atoms with van der Waals surface area (Å²) in [7, 11) is 0. The van der Waals surface area contributed by atoms with E-state index < -0.39 is 4.92 Å². The molecule has 0 fully saturated rings. The van der Waals surface area contributed by atoms with Crippen molar-refractivity contribution in [2.75, 3.05) is 5.32 Å². The number of nitro groups is 1.